The number of β-amino-alcohol motifs (C(OH)–C–C–N with tert-alkyl or cyclic N) is 1. The predicted molar refractivity (Wildman–Crippen MR) is 91.0 cm³/mol. The summed E-state index contributed by atoms with van der Waals surface area (Å²) in [6.45, 7) is 11.4. The van der Waals surface area contributed by atoms with Gasteiger partial charge < -0.3 is 23.9 Å². The minimum atomic E-state index is -0.532. The third kappa shape index (κ3) is 4.32. The summed E-state index contributed by atoms with van der Waals surface area (Å²) in [5.41, 5.74) is 0.857. The largest absolute Gasteiger partial charge is 0.632 e. The smallest absolute Gasteiger partial charge is 0.520 e. The maximum Gasteiger partial charge on any atom is 0.632 e. The molecule has 3 rings (SSSR count). The molecular weight excluding hydrogens is 309 g/mol. The topological polar surface area (TPSA) is 60.4 Å². The van der Waals surface area contributed by atoms with Gasteiger partial charge in [0.25, 0.3) is 0 Å². The minimum Gasteiger partial charge on any atom is -0.520 e. The molecule has 1 unspecified atom stereocenters. The number of benzene rings is 1. The Hall–Kier alpha value is -1.96. The first kappa shape index (κ1) is 16.9. The summed E-state index contributed by atoms with van der Waals surface area (Å²) < 4.78 is 21.9. The second kappa shape index (κ2) is 7.74. The molecular formula is C17H22BNO5. The van der Waals surface area contributed by atoms with Gasteiger partial charge in [0.1, 0.15) is 30.0 Å². The summed E-state index contributed by atoms with van der Waals surface area (Å²) in [5, 5.41) is 10.1. The fourth-order valence-electron chi connectivity index (χ4n) is 2.60. The first-order valence-electron chi connectivity index (χ1n) is 8.04. The molecule has 0 amide bonds. The predicted octanol–water partition coefficient (Wildman–Crippen LogP) is 0.528. The van der Waals surface area contributed by atoms with Gasteiger partial charge in [-0.2, -0.15) is 0 Å². The van der Waals surface area contributed by atoms with Crippen molar-refractivity contribution in [3.63, 3.8) is 0 Å². The lowest BCUT2D eigenvalue weighted by molar-refractivity contribution is 0.00466. The maximum absolute atomic E-state index is 10.1. The molecule has 1 aromatic rings. The number of rotatable bonds is 6. The van der Waals surface area contributed by atoms with Crippen molar-refractivity contribution in [3.8, 4) is 5.75 Å². The van der Waals surface area contributed by atoms with Gasteiger partial charge in [0.15, 0.2) is 0 Å². The Balaban J connectivity index is 1.45. The average Bonchev–Trinajstić information content (AvgIpc) is 2.93. The minimum absolute atomic E-state index is 0.251. The fourth-order valence-corrected chi connectivity index (χ4v) is 2.60. The lowest BCUT2D eigenvalue weighted by Crippen LogP contribution is -2.42. The van der Waals surface area contributed by atoms with Crippen LogP contribution in [-0.4, -0.2) is 62.7 Å². The maximum atomic E-state index is 10.1. The zero-order valence-corrected chi connectivity index (χ0v) is 13.6. The third-order valence-electron chi connectivity index (χ3n) is 3.98. The van der Waals surface area contributed by atoms with Crippen molar-refractivity contribution in [2.24, 2.45) is 0 Å². The van der Waals surface area contributed by atoms with Gasteiger partial charge in [-0.05, 0) is 12.1 Å². The summed E-state index contributed by atoms with van der Waals surface area (Å²) in [6, 6.07) is 7.38. The van der Waals surface area contributed by atoms with Gasteiger partial charge in [0, 0.05) is 25.1 Å². The van der Waals surface area contributed by atoms with Crippen molar-refractivity contribution in [1.29, 1.82) is 0 Å². The Morgan fingerprint density at radius 2 is 1.75 bits per heavy atom. The number of aliphatic hydroxyl groups excluding tert-OH is 1. The molecule has 2 aliphatic heterocycles. The van der Waals surface area contributed by atoms with Crippen LogP contribution < -0.4 is 10.2 Å². The summed E-state index contributed by atoms with van der Waals surface area (Å²) in [7, 11) is -0.508. The Bertz CT molecular complexity index is 569. The highest BCUT2D eigenvalue weighted by atomic mass is 16.6. The quantitative estimate of drug-likeness (QED) is 0.768. The van der Waals surface area contributed by atoms with Crippen LogP contribution in [0.3, 0.4) is 0 Å². The van der Waals surface area contributed by atoms with Gasteiger partial charge in [-0.1, -0.05) is 25.3 Å². The van der Waals surface area contributed by atoms with Gasteiger partial charge in [-0.25, -0.2) is 0 Å². The number of morpholine rings is 1. The molecule has 1 atom stereocenters. The normalized spacial score (nSPS) is 19.8. The van der Waals surface area contributed by atoms with Crippen molar-refractivity contribution < 1.29 is 23.9 Å². The molecule has 1 aromatic carbocycles. The van der Waals surface area contributed by atoms with Crippen molar-refractivity contribution in [1.82, 2.24) is 4.90 Å². The fraction of sp³-hybridized carbons (Fsp3) is 0.412. The molecule has 0 spiro atoms. The van der Waals surface area contributed by atoms with Crippen LogP contribution in [0.5, 0.6) is 5.75 Å². The molecule has 0 bridgehead atoms. The molecule has 1 N–H and O–H groups in total. The number of hydrogen-bond donors (Lipinski definition) is 1. The summed E-state index contributed by atoms with van der Waals surface area (Å²) in [5.74, 6) is 1.59. The van der Waals surface area contributed by atoms with E-state index in [-0.39, 0.29) is 6.61 Å². The number of ether oxygens (including phenoxy) is 2. The molecule has 0 aliphatic carbocycles. The molecule has 0 saturated carbocycles. The zero-order valence-electron chi connectivity index (χ0n) is 13.6. The average molecular weight is 331 g/mol. The molecule has 2 fully saturated rings. The van der Waals surface area contributed by atoms with Gasteiger partial charge in [-0.15, -0.1) is 0 Å². The second-order valence-electron chi connectivity index (χ2n) is 5.86. The number of nitrogens with zero attached hydrogens (tertiary/aromatic N) is 1. The van der Waals surface area contributed by atoms with E-state index in [1.54, 1.807) is 0 Å². The highest BCUT2D eigenvalue weighted by molar-refractivity contribution is 6.62. The molecule has 6 nitrogen and oxygen atoms in total. The van der Waals surface area contributed by atoms with Gasteiger partial charge in [0.2, 0.25) is 0 Å². The highest BCUT2D eigenvalue weighted by Crippen LogP contribution is 2.20. The van der Waals surface area contributed by atoms with Crippen LogP contribution in [0.25, 0.3) is 0 Å². The third-order valence-corrected chi connectivity index (χ3v) is 3.98. The van der Waals surface area contributed by atoms with Crippen LogP contribution in [0.4, 0.5) is 0 Å². The van der Waals surface area contributed by atoms with Crippen LogP contribution >= 0.6 is 0 Å². The van der Waals surface area contributed by atoms with E-state index in [9.17, 15) is 5.11 Å². The van der Waals surface area contributed by atoms with E-state index in [0.29, 0.717) is 23.8 Å². The van der Waals surface area contributed by atoms with Crippen molar-refractivity contribution in [2.75, 3.05) is 39.5 Å². The highest BCUT2D eigenvalue weighted by Gasteiger charge is 2.34. The van der Waals surface area contributed by atoms with Crippen LogP contribution in [-0.2, 0) is 14.0 Å². The number of aliphatic hydroxyl groups is 1. The van der Waals surface area contributed by atoms with Crippen LogP contribution in [0, 0.1) is 0 Å². The monoisotopic (exact) mass is 331 g/mol. The van der Waals surface area contributed by atoms with Crippen LogP contribution in [0.2, 0.25) is 0 Å². The van der Waals surface area contributed by atoms with E-state index in [1.165, 1.54) is 0 Å². The summed E-state index contributed by atoms with van der Waals surface area (Å²) in [4.78, 5) is 2.18. The summed E-state index contributed by atoms with van der Waals surface area (Å²) >= 11 is 0. The first-order chi connectivity index (χ1) is 11.6. The van der Waals surface area contributed by atoms with Gasteiger partial charge in [0.05, 0.1) is 13.2 Å². The molecule has 0 aromatic heterocycles. The van der Waals surface area contributed by atoms with Crippen LogP contribution in [0.1, 0.15) is 0 Å². The SMILES string of the molecule is C=C1OB(c2ccc(OCC(O)CN3CCOCC3)cc2)OC1=C. The summed E-state index contributed by atoms with van der Waals surface area (Å²) in [6.07, 6.45) is -0.532. The molecule has 2 saturated heterocycles. The zero-order chi connectivity index (χ0) is 16.9. The van der Waals surface area contributed by atoms with Crippen molar-refractivity contribution in [3.05, 3.63) is 48.9 Å². The van der Waals surface area contributed by atoms with E-state index in [1.807, 2.05) is 24.3 Å². The molecule has 2 heterocycles. The second-order valence-corrected chi connectivity index (χ2v) is 5.86. The van der Waals surface area contributed by atoms with Gasteiger partial charge in [-0.3, -0.25) is 4.90 Å². The molecule has 128 valence electrons. The van der Waals surface area contributed by atoms with Crippen molar-refractivity contribution in [2.45, 2.75) is 6.10 Å². The Morgan fingerprint density at radius 3 is 2.38 bits per heavy atom. The van der Waals surface area contributed by atoms with E-state index >= 15 is 0 Å². The molecule has 7 heteroatoms. The Morgan fingerprint density at radius 1 is 1.12 bits per heavy atom. The van der Waals surface area contributed by atoms with Gasteiger partial charge >= 0.3 is 7.12 Å². The van der Waals surface area contributed by atoms with E-state index in [4.69, 9.17) is 18.8 Å². The van der Waals surface area contributed by atoms with E-state index < -0.39 is 13.2 Å². The lowest BCUT2D eigenvalue weighted by atomic mass is 9.79. The standard InChI is InChI=1S/C17H22BNO5/c1-13-14(2)24-18(23-13)15-3-5-17(6-4-15)22-12-16(20)11-19-7-9-21-10-8-19/h3-6,16,20H,1-2,7-12H2. The van der Waals surface area contributed by atoms with E-state index in [2.05, 4.69) is 18.1 Å². The Kier molecular flexibility index (Phi) is 5.45. The lowest BCUT2D eigenvalue weighted by Gasteiger charge is -2.28. The molecule has 2 aliphatic rings. The Labute approximate surface area is 142 Å². The number of hydrogen-bond acceptors (Lipinski definition) is 6. The van der Waals surface area contributed by atoms with Crippen molar-refractivity contribution >= 4 is 12.6 Å². The molecule has 24 heavy (non-hydrogen) atoms. The molecule has 0 radical (unpaired) electrons. The van der Waals surface area contributed by atoms with Crippen LogP contribution in [0.15, 0.2) is 48.9 Å². The first-order valence-corrected chi connectivity index (χ1v) is 8.04. The van der Waals surface area contributed by atoms with E-state index in [0.717, 1.165) is 31.8 Å².